The molecule has 2 N–H and O–H groups in total. The number of Topliss-reactive ketones (excluding diaryl/α,β-unsaturated/α-hetero) is 1. The number of benzene rings is 2. The maximum atomic E-state index is 13.7. The number of aliphatic hydroxyl groups excluding tert-OH is 1. The maximum Gasteiger partial charge on any atom is 0.203 e. The maximum absolute atomic E-state index is 13.7. The van der Waals surface area contributed by atoms with Crippen LogP contribution >= 0.6 is 0 Å². The van der Waals surface area contributed by atoms with Gasteiger partial charge in [0.1, 0.15) is 28.9 Å². The summed E-state index contributed by atoms with van der Waals surface area (Å²) in [4.78, 5) is 15.9. The Morgan fingerprint density at radius 2 is 1.74 bits per heavy atom. The molecular weight excluding hydrogens is 454 g/mol. The van der Waals surface area contributed by atoms with Gasteiger partial charge in [-0.1, -0.05) is 0 Å². The van der Waals surface area contributed by atoms with Crippen molar-refractivity contribution in [2.45, 2.75) is 31.5 Å². The number of aromatic hydroxyl groups is 1. The van der Waals surface area contributed by atoms with Crippen molar-refractivity contribution in [3.63, 3.8) is 0 Å². The molecule has 0 aliphatic carbocycles. The lowest BCUT2D eigenvalue weighted by Gasteiger charge is -2.34. The number of phenolic OH excluding ortho intramolecular Hbond substituents is 1. The van der Waals surface area contributed by atoms with E-state index >= 15 is 0 Å². The van der Waals surface area contributed by atoms with Crippen molar-refractivity contribution < 1.29 is 38.7 Å². The van der Waals surface area contributed by atoms with Gasteiger partial charge in [0.2, 0.25) is 5.75 Å². The van der Waals surface area contributed by atoms with E-state index in [4.69, 9.17) is 23.7 Å². The Hall–Kier alpha value is -3.17. The largest absolute Gasteiger partial charge is 0.507 e. The van der Waals surface area contributed by atoms with Crippen LogP contribution in [0.3, 0.4) is 0 Å². The van der Waals surface area contributed by atoms with Crippen LogP contribution in [0.1, 0.15) is 41.3 Å². The number of rotatable bonds is 9. The fraction of sp³-hybridized carbons (Fsp3) is 0.500. The van der Waals surface area contributed by atoms with Crippen molar-refractivity contribution in [2.24, 2.45) is 5.92 Å². The second-order valence-electron chi connectivity index (χ2n) is 8.87. The van der Waals surface area contributed by atoms with Gasteiger partial charge in [-0.25, -0.2) is 0 Å². The van der Waals surface area contributed by atoms with E-state index < -0.39 is 12.0 Å². The van der Waals surface area contributed by atoms with Gasteiger partial charge in [0, 0.05) is 30.8 Å². The number of nitrogens with zero attached hydrogens (tertiary/aromatic N) is 1. The van der Waals surface area contributed by atoms with Crippen molar-refractivity contribution in [1.82, 2.24) is 4.90 Å². The first-order chi connectivity index (χ1) is 16.9. The number of methoxy groups -OCH3 is 4. The van der Waals surface area contributed by atoms with E-state index in [1.807, 2.05) is 0 Å². The summed E-state index contributed by atoms with van der Waals surface area (Å²) in [5.74, 6) is 1.13. The third kappa shape index (κ3) is 4.97. The summed E-state index contributed by atoms with van der Waals surface area (Å²) in [5.41, 5.74) is 0.860. The second kappa shape index (κ2) is 10.6. The van der Waals surface area contributed by atoms with Gasteiger partial charge in [-0.15, -0.1) is 0 Å². The molecule has 9 nitrogen and oxygen atoms in total. The number of likely N-dealkylation sites (tertiary alicyclic amines) is 1. The Labute approximate surface area is 205 Å². The molecule has 1 saturated heterocycles. The molecule has 2 aliphatic rings. The molecule has 0 spiro atoms. The monoisotopic (exact) mass is 487 g/mol. The molecule has 2 aromatic carbocycles. The van der Waals surface area contributed by atoms with Crippen LogP contribution in [0, 0.1) is 5.92 Å². The molecule has 2 heterocycles. The molecule has 9 heteroatoms. The van der Waals surface area contributed by atoms with E-state index in [0.717, 1.165) is 25.9 Å². The van der Waals surface area contributed by atoms with Gasteiger partial charge in [0.25, 0.3) is 0 Å². The third-order valence-corrected chi connectivity index (χ3v) is 6.75. The molecule has 0 saturated carbocycles. The van der Waals surface area contributed by atoms with Gasteiger partial charge in [-0.3, -0.25) is 4.79 Å². The number of fused-ring (bicyclic) bond motifs is 1. The first-order valence-electron chi connectivity index (χ1n) is 11.7. The number of ketones is 1. The average Bonchev–Trinajstić information content (AvgIpc) is 3.28. The Bertz CT molecular complexity index is 1050. The van der Waals surface area contributed by atoms with E-state index in [2.05, 4.69) is 4.90 Å². The summed E-state index contributed by atoms with van der Waals surface area (Å²) in [6.45, 7) is 2.26. The van der Waals surface area contributed by atoms with Crippen molar-refractivity contribution >= 4 is 5.78 Å². The number of hydrogen-bond acceptors (Lipinski definition) is 9. The average molecular weight is 488 g/mol. The summed E-state index contributed by atoms with van der Waals surface area (Å²) < 4.78 is 28.1. The standard InChI is InChI=1S/C26H33NO8/c1-31-17-12-19(29)23-20(13-17)35-25(15-10-21(32-2)26(34-4)22(11-15)33-3)18(24(23)30)6-5-8-27-9-7-16(28)14-27/h10-13,16,18,25,28-29H,5-9,14H2,1-4H3. The molecule has 2 aliphatic heterocycles. The summed E-state index contributed by atoms with van der Waals surface area (Å²) in [6.07, 6.45) is 1.11. The highest BCUT2D eigenvalue weighted by molar-refractivity contribution is 6.04. The molecule has 3 atom stereocenters. The van der Waals surface area contributed by atoms with Gasteiger partial charge < -0.3 is 38.8 Å². The Balaban J connectivity index is 1.70. The minimum Gasteiger partial charge on any atom is -0.507 e. The number of phenols is 1. The van der Waals surface area contributed by atoms with Gasteiger partial charge >= 0.3 is 0 Å². The van der Waals surface area contributed by atoms with E-state index in [-0.39, 0.29) is 28.9 Å². The normalized spacial score (nSPS) is 21.9. The third-order valence-electron chi connectivity index (χ3n) is 6.75. The van der Waals surface area contributed by atoms with Crippen LogP contribution in [0.4, 0.5) is 0 Å². The number of aliphatic hydroxyl groups is 1. The first-order valence-corrected chi connectivity index (χ1v) is 11.7. The van der Waals surface area contributed by atoms with Crippen LogP contribution in [0.2, 0.25) is 0 Å². The van der Waals surface area contributed by atoms with Gasteiger partial charge in [0.05, 0.1) is 40.5 Å². The van der Waals surface area contributed by atoms with Crippen LogP contribution < -0.4 is 23.7 Å². The number of carbonyl (C=O) groups excluding carboxylic acids is 1. The van der Waals surface area contributed by atoms with Gasteiger partial charge in [-0.05, 0) is 37.9 Å². The highest BCUT2D eigenvalue weighted by Crippen LogP contribution is 2.48. The van der Waals surface area contributed by atoms with Gasteiger partial charge in [0.15, 0.2) is 17.3 Å². The molecule has 3 unspecified atom stereocenters. The first kappa shape index (κ1) is 24.9. The molecule has 0 amide bonds. The predicted octanol–water partition coefficient (Wildman–Crippen LogP) is 3.21. The highest BCUT2D eigenvalue weighted by atomic mass is 16.5. The lowest BCUT2D eigenvalue weighted by atomic mass is 9.82. The smallest absolute Gasteiger partial charge is 0.203 e. The molecule has 1 fully saturated rings. The summed E-state index contributed by atoms with van der Waals surface area (Å²) in [7, 11) is 6.09. The van der Waals surface area contributed by atoms with Crippen LogP contribution in [-0.4, -0.2) is 75.1 Å². The highest BCUT2D eigenvalue weighted by Gasteiger charge is 2.41. The topological polar surface area (TPSA) is 107 Å². The van der Waals surface area contributed by atoms with Crippen LogP contribution in [-0.2, 0) is 0 Å². The van der Waals surface area contributed by atoms with Gasteiger partial charge in [-0.2, -0.15) is 0 Å². The summed E-state index contributed by atoms with van der Waals surface area (Å²) >= 11 is 0. The summed E-state index contributed by atoms with van der Waals surface area (Å²) in [5, 5.41) is 20.4. The second-order valence-corrected chi connectivity index (χ2v) is 8.87. The Kier molecular flexibility index (Phi) is 7.57. The zero-order chi connectivity index (χ0) is 25.1. The Morgan fingerprint density at radius 3 is 2.31 bits per heavy atom. The SMILES string of the molecule is COc1cc(O)c2c(c1)OC(c1cc(OC)c(OC)c(OC)c1)C(CCCN1CCC(O)C1)C2=O. The van der Waals surface area contributed by atoms with E-state index in [1.165, 1.54) is 34.5 Å². The zero-order valence-electron chi connectivity index (χ0n) is 20.6. The molecule has 190 valence electrons. The molecule has 4 rings (SSSR count). The summed E-state index contributed by atoms with van der Waals surface area (Å²) in [6, 6.07) is 6.60. The number of carbonyl (C=O) groups is 1. The van der Waals surface area contributed by atoms with Crippen LogP contribution in [0.15, 0.2) is 24.3 Å². The van der Waals surface area contributed by atoms with Crippen LogP contribution in [0.5, 0.6) is 34.5 Å². The quantitative estimate of drug-likeness (QED) is 0.551. The lowest BCUT2D eigenvalue weighted by molar-refractivity contribution is 0.0617. The number of β-amino-alcohol motifs (C(OH)–C–C–N with tert-alkyl or cyclic N) is 1. The Morgan fingerprint density at radius 1 is 1.03 bits per heavy atom. The molecule has 2 aromatic rings. The molecular formula is C26H33NO8. The minimum atomic E-state index is -0.639. The van der Waals surface area contributed by atoms with Crippen LogP contribution in [0.25, 0.3) is 0 Å². The fourth-order valence-corrected chi connectivity index (χ4v) is 4.98. The zero-order valence-corrected chi connectivity index (χ0v) is 20.6. The lowest BCUT2D eigenvalue weighted by Crippen LogP contribution is -2.33. The predicted molar refractivity (Wildman–Crippen MR) is 128 cm³/mol. The number of ether oxygens (including phenoxy) is 5. The van der Waals surface area contributed by atoms with E-state index in [9.17, 15) is 15.0 Å². The van der Waals surface area contributed by atoms with Crippen molar-refractivity contribution in [1.29, 1.82) is 0 Å². The molecule has 0 aromatic heterocycles. The molecule has 0 radical (unpaired) electrons. The van der Waals surface area contributed by atoms with E-state index in [0.29, 0.717) is 41.5 Å². The molecule has 35 heavy (non-hydrogen) atoms. The van der Waals surface area contributed by atoms with Crippen molar-refractivity contribution in [2.75, 3.05) is 48.1 Å². The van der Waals surface area contributed by atoms with E-state index in [1.54, 1.807) is 18.2 Å². The number of hydrogen-bond donors (Lipinski definition) is 2. The molecule has 0 bridgehead atoms. The minimum absolute atomic E-state index is 0.163. The van der Waals surface area contributed by atoms with Crippen molar-refractivity contribution in [3.8, 4) is 34.5 Å². The van der Waals surface area contributed by atoms with Crippen molar-refractivity contribution in [3.05, 3.63) is 35.4 Å². The fourth-order valence-electron chi connectivity index (χ4n) is 4.98.